The molecule has 1 fully saturated rings. The summed E-state index contributed by atoms with van der Waals surface area (Å²) in [6.45, 7) is 1.99. The quantitative estimate of drug-likeness (QED) is 0.825. The van der Waals surface area contributed by atoms with Crippen LogP contribution >= 0.6 is 0 Å². The van der Waals surface area contributed by atoms with Gasteiger partial charge in [0.15, 0.2) is 0 Å². The van der Waals surface area contributed by atoms with E-state index in [2.05, 4.69) is 14.7 Å². The van der Waals surface area contributed by atoms with Crippen molar-refractivity contribution in [2.75, 3.05) is 5.73 Å². The van der Waals surface area contributed by atoms with E-state index in [0.29, 0.717) is 0 Å². The molecule has 94 valence electrons. The normalized spacial score (nSPS) is 18.6. The van der Waals surface area contributed by atoms with Crippen molar-refractivity contribution >= 4 is 16.0 Å². The lowest BCUT2D eigenvalue weighted by molar-refractivity contribution is 0.214. The average Bonchev–Trinajstić information content (AvgIpc) is 2.24. The summed E-state index contributed by atoms with van der Waals surface area (Å²) in [6, 6.07) is 0. The molecular weight excluding hydrogens is 240 g/mol. The Hall–Kier alpha value is -1.21. The number of rotatable bonds is 4. The maximum atomic E-state index is 12.1. The Bertz CT molecular complexity index is 488. The van der Waals surface area contributed by atoms with Gasteiger partial charge in [-0.05, 0) is 25.7 Å². The summed E-state index contributed by atoms with van der Waals surface area (Å²) in [5.74, 6) is 0.0674. The van der Waals surface area contributed by atoms with Crippen LogP contribution in [0.25, 0.3) is 0 Å². The SMILES string of the molecule is CCC1(NS(=O)(=O)c2cnc(N)nc2)CCC1. The van der Waals surface area contributed by atoms with E-state index in [4.69, 9.17) is 5.73 Å². The molecule has 1 aliphatic carbocycles. The largest absolute Gasteiger partial charge is 0.368 e. The van der Waals surface area contributed by atoms with Gasteiger partial charge < -0.3 is 5.73 Å². The van der Waals surface area contributed by atoms with Gasteiger partial charge >= 0.3 is 0 Å². The van der Waals surface area contributed by atoms with Crippen molar-refractivity contribution in [3.05, 3.63) is 12.4 Å². The predicted molar refractivity (Wildman–Crippen MR) is 63.6 cm³/mol. The highest BCUT2D eigenvalue weighted by molar-refractivity contribution is 7.89. The molecule has 1 aliphatic rings. The molecule has 1 aromatic rings. The van der Waals surface area contributed by atoms with Crippen LogP contribution in [0.2, 0.25) is 0 Å². The second-order valence-electron chi connectivity index (χ2n) is 4.37. The van der Waals surface area contributed by atoms with Crippen LogP contribution in [-0.4, -0.2) is 23.9 Å². The topological polar surface area (TPSA) is 98.0 Å². The molecule has 17 heavy (non-hydrogen) atoms. The summed E-state index contributed by atoms with van der Waals surface area (Å²) < 4.78 is 26.9. The third kappa shape index (κ3) is 2.39. The Kier molecular flexibility index (Phi) is 3.05. The highest BCUT2D eigenvalue weighted by Crippen LogP contribution is 2.35. The van der Waals surface area contributed by atoms with Crippen molar-refractivity contribution < 1.29 is 8.42 Å². The molecule has 0 aromatic carbocycles. The number of aromatic nitrogens is 2. The molecule has 0 saturated heterocycles. The van der Waals surface area contributed by atoms with Crippen LogP contribution < -0.4 is 10.5 Å². The van der Waals surface area contributed by atoms with Gasteiger partial charge in [-0.3, -0.25) is 0 Å². The second kappa shape index (κ2) is 4.23. The fourth-order valence-electron chi connectivity index (χ4n) is 1.94. The molecule has 1 aromatic heterocycles. The third-order valence-corrected chi connectivity index (χ3v) is 4.83. The minimum Gasteiger partial charge on any atom is -0.368 e. The van der Waals surface area contributed by atoms with Crippen LogP contribution in [0, 0.1) is 0 Å². The van der Waals surface area contributed by atoms with E-state index in [1.165, 1.54) is 12.4 Å². The number of hydrogen-bond donors (Lipinski definition) is 2. The maximum Gasteiger partial charge on any atom is 0.244 e. The smallest absolute Gasteiger partial charge is 0.244 e. The predicted octanol–water partition coefficient (Wildman–Crippen LogP) is 0.670. The van der Waals surface area contributed by atoms with Crippen molar-refractivity contribution in [2.24, 2.45) is 0 Å². The number of anilines is 1. The molecule has 2 rings (SSSR count). The Morgan fingerprint density at radius 2 is 2.00 bits per heavy atom. The van der Waals surface area contributed by atoms with Crippen molar-refractivity contribution in [3.63, 3.8) is 0 Å². The van der Waals surface area contributed by atoms with Crippen molar-refractivity contribution in [2.45, 2.75) is 43.0 Å². The number of hydrogen-bond acceptors (Lipinski definition) is 5. The van der Waals surface area contributed by atoms with E-state index in [1.54, 1.807) is 0 Å². The van der Waals surface area contributed by atoms with Crippen molar-refractivity contribution in [1.29, 1.82) is 0 Å². The molecule has 0 atom stereocenters. The summed E-state index contributed by atoms with van der Waals surface area (Å²) in [5.41, 5.74) is 5.05. The van der Waals surface area contributed by atoms with Crippen LogP contribution in [0.4, 0.5) is 5.95 Å². The van der Waals surface area contributed by atoms with E-state index in [0.717, 1.165) is 25.7 Å². The highest BCUT2D eigenvalue weighted by Gasteiger charge is 2.39. The Balaban J connectivity index is 2.22. The molecule has 0 unspecified atom stereocenters. The van der Waals surface area contributed by atoms with E-state index in [1.807, 2.05) is 6.92 Å². The lowest BCUT2D eigenvalue weighted by Crippen LogP contribution is -2.52. The van der Waals surface area contributed by atoms with Gasteiger partial charge in [-0.15, -0.1) is 0 Å². The molecule has 0 aliphatic heterocycles. The van der Waals surface area contributed by atoms with Crippen LogP contribution in [0.1, 0.15) is 32.6 Å². The first kappa shape index (κ1) is 12.3. The molecule has 0 radical (unpaired) electrons. The first-order valence-corrected chi connectivity index (χ1v) is 7.07. The fraction of sp³-hybridized carbons (Fsp3) is 0.600. The summed E-state index contributed by atoms with van der Waals surface area (Å²) in [6.07, 6.45) is 6.09. The van der Waals surface area contributed by atoms with Crippen molar-refractivity contribution in [1.82, 2.24) is 14.7 Å². The van der Waals surface area contributed by atoms with E-state index in [-0.39, 0.29) is 16.4 Å². The number of sulfonamides is 1. The van der Waals surface area contributed by atoms with Gasteiger partial charge in [0, 0.05) is 5.54 Å². The molecule has 3 N–H and O–H groups in total. The third-order valence-electron chi connectivity index (χ3n) is 3.30. The van der Waals surface area contributed by atoms with Gasteiger partial charge in [0.2, 0.25) is 16.0 Å². The molecule has 7 heteroatoms. The van der Waals surface area contributed by atoms with Gasteiger partial charge in [-0.25, -0.2) is 23.1 Å². The molecule has 1 saturated carbocycles. The molecule has 6 nitrogen and oxygen atoms in total. The first-order valence-electron chi connectivity index (χ1n) is 5.59. The maximum absolute atomic E-state index is 12.1. The van der Waals surface area contributed by atoms with Gasteiger partial charge in [0.25, 0.3) is 0 Å². The molecule has 0 bridgehead atoms. The fourth-order valence-corrected chi connectivity index (χ4v) is 3.36. The van der Waals surface area contributed by atoms with E-state index < -0.39 is 10.0 Å². The minimum atomic E-state index is -3.54. The van der Waals surface area contributed by atoms with E-state index in [9.17, 15) is 8.42 Å². The Morgan fingerprint density at radius 1 is 1.41 bits per heavy atom. The zero-order chi connectivity index (χ0) is 12.5. The number of nitrogens with one attached hydrogen (secondary N) is 1. The number of nitrogens with two attached hydrogens (primary N) is 1. The molecule has 0 spiro atoms. The Morgan fingerprint density at radius 3 is 2.41 bits per heavy atom. The summed E-state index contributed by atoms with van der Waals surface area (Å²) in [5, 5.41) is 0. The lowest BCUT2D eigenvalue weighted by atomic mass is 9.76. The zero-order valence-electron chi connectivity index (χ0n) is 9.68. The van der Waals surface area contributed by atoms with E-state index >= 15 is 0 Å². The van der Waals surface area contributed by atoms with Crippen LogP contribution in [0.3, 0.4) is 0 Å². The zero-order valence-corrected chi connectivity index (χ0v) is 10.5. The van der Waals surface area contributed by atoms with Crippen LogP contribution in [0.5, 0.6) is 0 Å². The van der Waals surface area contributed by atoms with Gasteiger partial charge in [0.05, 0.1) is 12.4 Å². The Labute approximate surface area is 101 Å². The van der Waals surface area contributed by atoms with Crippen LogP contribution in [-0.2, 0) is 10.0 Å². The second-order valence-corrected chi connectivity index (χ2v) is 6.05. The summed E-state index contributed by atoms with van der Waals surface area (Å²) in [4.78, 5) is 7.45. The van der Waals surface area contributed by atoms with Crippen molar-refractivity contribution in [3.8, 4) is 0 Å². The lowest BCUT2D eigenvalue weighted by Gasteiger charge is -2.41. The summed E-state index contributed by atoms with van der Waals surface area (Å²) in [7, 11) is -3.54. The number of nitrogens with zero attached hydrogens (tertiary/aromatic N) is 2. The molecule has 0 amide bonds. The van der Waals surface area contributed by atoms with Crippen LogP contribution in [0.15, 0.2) is 17.3 Å². The average molecular weight is 256 g/mol. The van der Waals surface area contributed by atoms with Gasteiger partial charge in [-0.1, -0.05) is 6.92 Å². The minimum absolute atomic E-state index is 0.0615. The number of nitrogen functional groups attached to an aromatic ring is 1. The van der Waals surface area contributed by atoms with Gasteiger partial charge in [0.1, 0.15) is 4.90 Å². The molecular formula is C10H16N4O2S. The molecule has 1 heterocycles. The standard InChI is InChI=1S/C10H16N4O2S/c1-2-10(4-3-5-10)14-17(15,16)8-6-12-9(11)13-7-8/h6-7,14H,2-5H2,1H3,(H2,11,12,13). The highest BCUT2D eigenvalue weighted by atomic mass is 32.2. The first-order chi connectivity index (χ1) is 7.97. The monoisotopic (exact) mass is 256 g/mol. The van der Waals surface area contributed by atoms with Gasteiger partial charge in [-0.2, -0.15) is 0 Å². The summed E-state index contributed by atoms with van der Waals surface area (Å²) >= 11 is 0.